The molecule has 0 aliphatic heterocycles. The van der Waals surface area contributed by atoms with E-state index >= 15 is 0 Å². The first kappa shape index (κ1) is 20.1. The molecule has 1 unspecified atom stereocenters. The summed E-state index contributed by atoms with van der Waals surface area (Å²) in [6.07, 6.45) is 0.645. The highest BCUT2D eigenvalue weighted by molar-refractivity contribution is 5.68. The van der Waals surface area contributed by atoms with E-state index in [2.05, 4.69) is 12.2 Å². The fourth-order valence-corrected chi connectivity index (χ4v) is 1.66. The smallest absolute Gasteiger partial charge is 0.410 e. The Labute approximate surface area is 129 Å². The molecule has 0 bridgehead atoms. The Morgan fingerprint density at radius 3 is 2.29 bits per heavy atom. The lowest BCUT2D eigenvalue weighted by Gasteiger charge is -2.27. The van der Waals surface area contributed by atoms with E-state index in [-0.39, 0.29) is 6.09 Å². The van der Waals surface area contributed by atoms with Gasteiger partial charge >= 0.3 is 6.09 Å². The molecule has 0 radical (unpaired) electrons. The van der Waals surface area contributed by atoms with Gasteiger partial charge in [0.2, 0.25) is 0 Å². The molecule has 0 aliphatic carbocycles. The summed E-state index contributed by atoms with van der Waals surface area (Å²) >= 11 is 0. The molecule has 1 atom stereocenters. The van der Waals surface area contributed by atoms with Crippen LogP contribution in [0.25, 0.3) is 0 Å². The maximum atomic E-state index is 12.1. The van der Waals surface area contributed by atoms with Crippen molar-refractivity contribution in [2.75, 3.05) is 47.1 Å². The number of amides is 1. The third-order valence-corrected chi connectivity index (χ3v) is 2.85. The zero-order valence-corrected chi connectivity index (χ0v) is 14.4. The molecular formula is C15H32N2O4. The monoisotopic (exact) mass is 304 g/mol. The second-order valence-electron chi connectivity index (χ2n) is 6.10. The lowest BCUT2D eigenvalue weighted by molar-refractivity contribution is 0.0202. The van der Waals surface area contributed by atoms with E-state index in [0.29, 0.717) is 32.3 Å². The van der Waals surface area contributed by atoms with Crippen LogP contribution in [0.3, 0.4) is 0 Å². The third-order valence-electron chi connectivity index (χ3n) is 2.85. The molecule has 126 valence electrons. The molecule has 0 rings (SSSR count). The van der Waals surface area contributed by atoms with Crippen molar-refractivity contribution in [3.63, 3.8) is 0 Å². The molecule has 0 saturated carbocycles. The standard InChI is InChI=1S/C15H32N2O4/c1-13(7-11-19-5)16-8-9-17(10-12-20-6)14(18)21-15(2,3)4/h13,16H,7-12H2,1-6H3. The van der Waals surface area contributed by atoms with Gasteiger partial charge in [-0.25, -0.2) is 4.79 Å². The summed E-state index contributed by atoms with van der Waals surface area (Å²) in [7, 11) is 3.32. The van der Waals surface area contributed by atoms with Crippen LogP contribution in [0, 0.1) is 0 Å². The largest absolute Gasteiger partial charge is 0.444 e. The maximum absolute atomic E-state index is 12.1. The Morgan fingerprint density at radius 1 is 1.14 bits per heavy atom. The van der Waals surface area contributed by atoms with Crippen LogP contribution in [0.15, 0.2) is 0 Å². The Balaban J connectivity index is 4.20. The lowest BCUT2D eigenvalue weighted by Crippen LogP contribution is -2.43. The molecular weight excluding hydrogens is 272 g/mol. The molecule has 0 aromatic rings. The second kappa shape index (κ2) is 10.8. The molecule has 0 heterocycles. The van der Waals surface area contributed by atoms with Gasteiger partial charge in [-0.3, -0.25) is 0 Å². The van der Waals surface area contributed by atoms with E-state index in [1.165, 1.54) is 0 Å². The summed E-state index contributed by atoms with van der Waals surface area (Å²) in [6.45, 7) is 10.8. The van der Waals surface area contributed by atoms with Gasteiger partial charge < -0.3 is 24.4 Å². The molecule has 6 nitrogen and oxygen atoms in total. The first-order valence-electron chi connectivity index (χ1n) is 7.49. The van der Waals surface area contributed by atoms with Crippen molar-refractivity contribution in [3.8, 4) is 0 Å². The molecule has 1 amide bonds. The number of hydrogen-bond acceptors (Lipinski definition) is 5. The normalized spacial score (nSPS) is 13.0. The van der Waals surface area contributed by atoms with Gasteiger partial charge in [-0.1, -0.05) is 0 Å². The van der Waals surface area contributed by atoms with Crippen molar-refractivity contribution < 1.29 is 19.0 Å². The summed E-state index contributed by atoms with van der Waals surface area (Å²) < 4.78 is 15.5. The van der Waals surface area contributed by atoms with Crippen molar-refractivity contribution in [3.05, 3.63) is 0 Å². The topological polar surface area (TPSA) is 60.0 Å². The van der Waals surface area contributed by atoms with Gasteiger partial charge in [0.15, 0.2) is 0 Å². The molecule has 0 aromatic carbocycles. The number of carbonyl (C=O) groups is 1. The van der Waals surface area contributed by atoms with Crippen LogP contribution in [-0.2, 0) is 14.2 Å². The summed E-state index contributed by atoms with van der Waals surface area (Å²) in [6, 6.07) is 0.355. The van der Waals surface area contributed by atoms with E-state index in [4.69, 9.17) is 14.2 Å². The number of nitrogens with zero attached hydrogens (tertiary/aromatic N) is 1. The van der Waals surface area contributed by atoms with Crippen LogP contribution in [0.5, 0.6) is 0 Å². The number of nitrogens with one attached hydrogen (secondary N) is 1. The van der Waals surface area contributed by atoms with Crippen LogP contribution >= 0.6 is 0 Å². The van der Waals surface area contributed by atoms with Gasteiger partial charge in [0.1, 0.15) is 5.60 Å². The Bertz CT molecular complexity index is 279. The molecule has 0 saturated heterocycles. The Kier molecular flexibility index (Phi) is 10.4. The highest BCUT2D eigenvalue weighted by Gasteiger charge is 2.21. The minimum Gasteiger partial charge on any atom is -0.444 e. The summed E-state index contributed by atoms with van der Waals surface area (Å²) in [5.74, 6) is 0. The fourth-order valence-electron chi connectivity index (χ4n) is 1.66. The first-order chi connectivity index (χ1) is 9.80. The van der Waals surface area contributed by atoms with E-state index < -0.39 is 5.60 Å². The number of hydrogen-bond donors (Lipinski definition) is 1. The van der Waals surface area contributed by atoms with Crippen LogP contribution in [-0.4, -0.2) is 69.7 Å². The molecule has 0 aliphatic rings. The predicted octanol–water partition coefficient (Wildman–Crippen LogP) is 1.88. The van der Waals surface area contributed by atoms with Crippen molar-refractivity contribution in [1.82, 2.24) is 10.2 Å². The van der Waals surface area contributed by atoms with Crippen molar-refractivity contribution in [2.45, 2.75) is 45.8 Å². The SMILES string of the molecule is COCCC(C)NCCN(CCOC)C(=O)OC(C)(C)C. The van der Waals surface area contributed by atoms with Gasteiger partial charge in [-0.15, -0.1) is 0 Å². The highest BCUT2D eigenvalue weighted by atomic mass is 16.6. The van der Waals surface area contributed by atoms with Crippen LogP contribution < -0.4 is 5.32 Å². The van der Waals surface area contributed by atoms with Gasteiger partial charge in [0.25, 0.3) is 0 Å². The minimum absolute atomic E-state index is 0.300. The molecule has 6 heteroatoms. The number of rotatable bonds is 10. The van der Waals surface area contributed by atoms with Crippen LogP contribution in [0.2, 0.25) is 0 Å². The predicted molar refractivity (Wildman–Crippen MR) is 83.6 cm³/mol. The average molecular weight is 304 g/mol. The summed E-state index contributed by atoms with van der Waals surface area (Å²) in [5, 5.41) is 3.37. The van der Waals surface area contributed by atoms with E-state index in [1.807, 2.05) is 20.8 Å². The summed E-state index contributed by atoms with van der Waals surface area (Å²) in [5.41, 5.74) is -0.485. The Hall–Kier alpha value is -0.850. The van der Waals surface area contributed by atoms with Gasteiger partial charge in [-0.2, -0.15) is 0 Å². The molecule has 0 spiro atoms. The van der Waals surface area contributed by atoms with Crippen LogP contribution in [0.1, 0.15) is 34.1 Å². The van der Waals surface area contributed by atoms with Crippen LogP contribution in [0.4, 0.5) is 4.79 Å². The van der Waals surface area contributed by atoms with Gasteiger partial charge in [0.05, 0.1) is 6.61 Å². The van der Waals surface area contributed by atoms with Crippen molar-refractivity contribution in [1.29, 1.82) is 0 Å². The van der Waals surface area contributed by atoms with E-state index in [1.54, 1.807) is 19.1 Å². The number of methoxy groups -OCH3 is 2. The molecule has 0 fully saturated rings. The fraction of sp³-hybridized carbons (Fsp3) is 0.933. The highest BCUT2D eigenvalue weighted by Crippen LogP contribution is 2.09. The molecule has 21 heavy (non-hydrogen) atoms. The number of carbonyl (C=O) groups excluding carboxylic acids is 1. The van der Waals surface area contributed by atoms with Gasteiger partial charge in [0, 0.05) is 46.5 Å². The quantitative estimate of drug-likeness (QED) is 0.668. The Morgan fingerprint density at radius 2 is 1.76 bits per heavy atom. The third kappa shape index (κ3) is 11.5. The zero-order valence-electron chi connectivity index (χ0n) is 14.4. The van der Waals surface area contributed by atoms with Crippen molar-refractivity contribution >= 4 is 6.09 Å². The lowest BCUT2D eigenvalue weighted by atomic mass is 10.2. The second-order valence-corrected chi connectivity index (χ2v) is 6.10. The molecule has 0 aromatic heterocycles. The van der Waals surface area contributed by atoms with Gasteiger partial charge in [-0.05, 0) is 34.1 Å². The molecule has 1 N–H and O–H groups in total. The van der Waals surface area contributed by atoms with Crippen molar-refractivity contribution in [2.24, 2.45) is 0 Å². The minimum atomic E-state index is -0.485. The maximum Gasteiger partial charge on any atom is 0.410 e. The number of ether oxygens (including phenoxy) is 3. The summed E-state index contributed by atoms with van der Waals surface area (Å²) in [4.78, 5) is 13.8. The van der Waals surface area contributed by atoms with E-state index in [9.17, 15) is 4.79 Å². The average Bonchev–Trinajstić information content (AvgIpc) is 2.38. The first-order valence-corrected chi connectivity index (χ1v) is 7.49. The zero-order chi connectivity index (χ0) is 16.3. The van der Waals surface area contributed by atoms with E-state index in [0.717, 1.165) is 13.0 Å².